The van der Waals surface area contributed by atoms with Gasteiger partial charge in [-0.1, -0.05) is 24.3 Å². The topological polar surface area (TPSA) is 56.0 Å². The molecule has 1 atom stereocenters. The van der Waals surface area contributed by atoms with Crippen molar-refractivity contribution >= 4 is 11.0 Å². The van der Waals surface area contributed by atoms with Gasteiger partial charge in [0.15, 0.2) is 0 Å². The van der Waals surface area contributed by atoms with Gasteiger partial charge in [-0.15, -0.1) is 0 Å². The molecule has 1 aliphatic heterocycles. The number of fused-ring (bicyclic) bond motifs is 1. The minimum atomic E-state index is -0.179. The summed E-state index contributed by atoms with van der Waals surface area (Å²) in [7, 11) is 2.15. The van der Waals surface area contributed by atoms with Crippen LogP contribution in [0.15, 0.2) is 72.0 Å². The van der Waals surface area contributed by atoms with Gasteiger partial charge < -0.3 is 4.90 Å². The average Bonchev–Trinajstić information content (AvgIpc) is 3.19. The Morgan fingerprint density at radius 3 is 2.77 bits per heavy atom. The Hall–Kier alpha value is -3.25. The molecule has 0 spiro atoms. The molecule has 0 radical (unpaired) electrons. The molecule has 1 unspecified atom stereocenters. The number of nitrogens with zero attached hydrogens (tertiary/aromatic N) is 5. The maximum atomic E-state index is 12.4. The van der Waals surface area contributed by atoms with Gasteiger partial charge in [-0.05, 0) is 62.2 Å². The molecule has 30 heavy (non-hydrogen) atoms. The van der Waals surface area contributed by atoms with Gasteiger partial charge in [0.1, 0.15) is 6.33 Å². The predicted octanol–water partition coefficient (Wildman–Crippen LogP) is 3.59. The fourth-order valence-corrected chi connectivity index (χ4v) is 4.42. The molecule has 0 aliphatic carbocycles. The molecule has 4 aromatic rings. The van der Waals surface area contributed by atoms with E-state index in [2.05, 4.69) is 56.8 Å². The Bertz CT molecular complexity index is 1230. The fourth-order valence-electron chi connectivity index (χ4n) is 4.42. The first-order chi connectivity index (χ1) is 14.7. The van der Waals surface area contributed by atoms with Crippen molar-refractivity contribution in [1.82, 2.24) is 24.0 Å². The molecule has 0 N–H and O–H groups in total. The average molecular weight is 399 g/mol. The number of benzene rings is 2. The Balaban J connectivity index is 1.46. The summed E-state index contributed by atoms with van der Waals surface area (Å²) >= 11 is 0. The van der Waals surface area contributed by atoms with E-state index < -0.39 is 0 Å². The quantitative estimate of drug-likeness (QED) is 0.526. The highest BCUT2D eigenvalue weighted by Crippen LogP contribution is 2.25. The van der Waals surface area contributed by atoms with E-state index in [1.165, 1.54) is 6.42 Å². The van der Waals surface area contributed by atoms with Crippen LogP contribution in [0.25, 0.3) is 27.8 Å². The number of rotatable bonds is 4. The van der Waals surface area contributed by atoms with Gasteiger partial charge in [0.25, 0.3) is 0 Å². The molecule has 1 fully saturated rings. The van der Waals surface area contributed by atoms with Crippen LogP contribution in [0.3, 0.4) is 0 Å². The summed E-state index contributed by atoms with van der Waals surface area (Å²) in [6, 6.07) is 16.4. The molecular formula is C24H25N5O. The molecule has 1 aliphatic rings. The lowest BCUT2D eigenvalue weighted by atomic mass is 9.98. The van der Waals surface area contributed by atoms with Crippen LogP contribution in [-0.2, 0) is 6.54 Å². The second-order valence-electron chi connectivity index (χ2n) is 8.20. The van der Waals surface area contributed by atoms with Gasteiger partial charge in [0.05, 0.1) is 11.0 Å². The molecule has 0 bridgehead atoms. The predicted molar refractivity (Wildman–Crippen MR) is 119 cm³/mol. The van der Waals surface area contributed by atoms with Crippen molar-refractivity contribution in [1.29, 1.82) is 0 Å². The molecule has 0 amide bonds. The maximum Gasteiger partial charge on any atom is 0.347 e. The number of para-hydroxylation sites is 1. The van der Waals surface area contributed by atoms with Crippen LogP contribution in [0, 0.1) is 5.92 Å². The summed E-state index contributed by atoms with van der Waals surface area (Å²) in [5, 5.41) is 0. The number of imidazole rings is 1. The Kier molecular flexibility index (Phi) is 4.93. The number of piperidine rings is 1. The molecule has 0 saturated carbocycles. The summed E-state index contributed by atoms with van der Waals surface area (Å²) in [4.78, 5) is 23.4. The first kappa shape index (κ1) is 18.8. The van der Waals surface area contributed by atoms with Gasteiger partial charge >= 0.3 is 5.69 Å². The lowest BCUT2D eigenvalue weighted by Gasteiger charge is -2.29. The summed E-state index contributed by atoms with van der Waals surface area (Å²) in [6.45, 7) is 2.88. The zero-order chi connectivity index (χ0) is 20.5. The zero-order valence-corrected chi connectivity index (χ0v) is 17.1. The molecule has 6 heteroatoms. The summed E-state index contributed by atoms with van der Waals surface area (Å²) in [5.74, 6) is 0.488. The van der Waals surface area contributed by atoms with E-state index in [4.69, 9.17) is 0 Å². The fraction of sp³-hybridized carbons (Fsp3) is 0.292. The first-order valence-corrected chi connectivity index (χ1v) is 10.5. The van der Waals surface area contributed by atoms with Crippen molar-refractivity contribution in [2.45, 2.75) is 19.4 Å². The van der Waals surface area contributed by atoms with Crippen LogP contribution < -0.4 is 5.69 Å². The van der Waals surface area contributed by atoms with Crippen LogP contribution in [0.2, 0.25) is 0 Å². The second-order valence-corrected chi connectivity index (χ2v) is 8.20. The number of hydrogen-bond donors (Lipinski definition) is 0. The van der Waals surface area contributed by atoms with E-state index in [0.717, 1.165) is 53.9 Å². The van der Waals surface area contributed by atoms with Crippen molar-refractivity contribution in [2.75, 3.05) is 20.1 Å². The molecule has 2 aromatic carbocycles. The zero-order valence-electron chi connectivity index (χ0n) is 17.1. The molecule has 6 nitrogen and oxygen atoms in total. The van der Waals surface area contributed by atoms with Crippen LogP contribution >= 0.6 is 0 Å². The lowest BCUT2D eigenvalue weighted by Crippen LogP contribution is -2.36. The van der Waals surface area contributed by atoms with Crippen molar-refractivity contribution in [3.05, 3.63) is 77.7 Å². The SMILES string of the molecule is CN1CCCC(Cn2cc(-c3ccc4c(c3)ncn4-c3ccccc3)cnc2=O)C1. The Labute approximate surface area is 175 Å². The molecule has 3 heterocycles. The molecular weight excluding hydrogens is 374 g/mol. The van der Waals surface area contributed by atoms with E-state index in [1.54, 1.807) is 10.8 Å². The summed E-state index contributed by atoms with van der Waals surface area (Å²) < 4.78 is 3.85. The molecule has 1 saturated heterocycles. The number of aromatic nitrogens is 4. The monoisotopic (exact) mass is 399 g/mol. The molecule has 5 rings (SSSR count). The van der Waals surface area contributed by atoms with E-state index in [0.29, 0.717) is 5.92 Å². The van der Waals surface area contributed by atoms with Crippen molar-refractivity contribution in [2.24, 2.45) is 5.92 Å². The van der Waals surface area contributed by atoms with E-state index in [9.17, 15) is 4.79 Å². The largest absolute Gasteiger partial charge is 0.347 e. The third-order valence-electron chi connectivity index (χ3n) is 5.95. The van der Waals surface area contributed by atoms with Crippen molar-refractivity contribution < 1.29 is 0 Å². The van der Waals surface area contributed by atoms with Gasteiger partial charge in [-0.3, -0.25) is 9.13 Å². The molecule has 152 valence electrons. The standard InChI is InChI=1S/C24H25N5O/c1-27-11-5-6-18(14-27)15-28-16-20(13-25-24(28)30)19-9-10-23-22(12-19)26-17-29(23)21-7-3-2-4-8-21/h2-4,7-10,12-13,16-18H,5-6,11,14-15H2,1H3. The van der Waals surface area contributed by atoms with Gasteiger partial charge in [0.2, 0.25) is 0 Å². The third kappa shape index (κ3) is 3.66. The van der Waals surface area contributed by atoms with Gasteiger partial charge in [-0.2, -0.15) is 0 Å². The summed E-state index contributed by atoms with van der Waals surface area (Å²) in [5.41, 5.74) is 4.83. The minimum Gasteiger partial charge on any atom is -0.306 e. The summed E-state index contributed by atoms with van der Waals surface area (Å²) in [6.07, 6.45) is 7.80. The van der Waals surface area contributed by atoms with E-state index >= 15 is 0 Å². The highest BCUT2D eigenvalue weighted by Gasteiger charge is 2.18. The normalized spacial score (nSPS) is 17.4. The highest BCUT2D eigenvalue weighted by atomic mass is 16.1. The van der Waals surface area contributed by atoms with Crippen molar-refractivity contribution in [3.63, 3.8) is 0 Å². The van der Waals surface area contributed by atoms with E-state index in [1.807, 2.05) is 30.7 Å². The van der Waals surface area contributed by atoms with Crippen LogP contribution in [0.5, 0.6) is 0 Å². The second kappa shape index (κ2) is 7.88. The van der Waals surface area contributed by atoms with Crippen LogP contribution in [0.1, 0.15) is 12.8 Å². The Morgan fingerprint density at radius 1 is 1.07 bits per heavy atom. The minimum absolute atomic E-state index is 0.179. The first-order valence-electron chi connectivity index (χ1n) is 10.5. The maximum absolute atomic E-state index is 12.4. The number of likely N-dealkylation sites (tertiary alicyclic amines) is 1. The third-order valence-corrected chi connectivity index (χ3v) is 5.95. The molecule has 2 aromatic heterocycles. The smallest absolute Gasteiger partial charge is 0.306 e. The van der Waals surface area contributed by atoms with Gasteiger partial charge in [-0.25, -0.2) is 14.8 Å². The van der Waals surface area contributed by atoms with Crippen LogP contribution in [-0.4, -0.2) is 44.1 Å². The van der Waals surface area contributed by atoms with E-state index in [-0.39, 0.29) is 5.69 Å². The van der Waals surface area contributed by atoms with Gasteiger partial charge in [0, 0.05) is 36.7 Å². The lowest BCUT2D eigenvalue weighted by molar-refractivity contribution is 0.193. The highest BCUT2D eigenvalue weighted by molar-refractivity contribution is 5.83. The number of hydrogen-bond acceptors (Lipinski definition) is 4. The Morgan fingerprint density at radius 2 is 1.93 bits per heavy atom. The van der Waals surface area contributed by atoms with Crippen LogP contribution in [0.4, 0.5) is 0 Å². The van der Waals surface area contributed by atoms with Crippen molar-refractivity contribution in [3.8, 4) is 16.8 Å².